The fourth-order valence-electron chi connectivity index (χ4n) is 1.71. The van der Waals surface area contributed by atoms with Crippen molar-refractivity contribution in [3.05, 3.63) is 17.5 Å². The van der Waals surface area contributed by atoms with Crippen LogP contribution in [0.1, 0.15) is 32.6 Å². The van der Waals surface area contributed by atoms with Crippen LogP contribution in [0.25, 0.3) is 0 Å². The van der Waals surface area contributed by atoms with Crippen LogP contribution in [0.5, 0.6) is 0 Å². The molecule has 1 aliphatic carbocycles. The second-order valence-electron chi connectivity index (χ2n) is 4.15. The molecule has 82 valence electrons. The summed E-state index contributed by atoms with van der Waals surface area (Å²) in [5, 5.41) is 3.90. The van der Waals surface area contributed by atoms with Crippen LogP contribution in [-0.4, -0.2) is 16.0 Å². The van der Waals surface area contributed by atoms with Gasteiger partial charge in [0.15, 0.2) is 0 Å². The van der Waals surface area contributed by atoms with Crippen LogP contribution in [0.2, 0.25) is 5.15 Å². The summed E-state index contributed by atoms with van der Waals surface area (Å²) in [7, 11) is 0. The third-order valence-corrected chi connectivity index (χ3v) is 3.00. The van der Waals surface area contributed by atoms with Crippen molar-refractivity contribution in [2.45, 2.75) is 38.6 Å². The van der Waals surface area contributed by atoms with Crippen LogP contribution < -0.4 is 5.32 Å². The molecule has 1 aliphatic rings. The van der Waals surface area contributed by atoms with E-state index in [0.29, 0.717) is 11.2 Å². The van der Waals surface area contributed by atoms with Gasteiger partial charge in [-0.25, -0.2) is 9.97 Å². The van der Waals surface area contributed by atoms with Gasteiger partial charge in [-0.3, -0.25) is 0 Å². The van der Waals surface area contributed by atoms with E-state index in [4.69, 9.17) is 11.6 Å². The predicted octanol–water partition coefficient (Wildman–Crippen LogP) is 3.12. The molecular formula is C11H16ClN3. The quantitative estimate of drug-likeness (QED) is 0.783. The van der Waals surface area contributed by atoms with Gasteiger partial charge in [-0.2, -0.15) is 0 Å². The first-order chi connectivity index (χ1) is 7.28. The Morgan fingerprint density at radius 1 is 1.53 bits per heavy atom. The van der Waals surface area contributed by atoms with Gasteiger partial charge >= 0.3 is 0 Å². The zero-order valence-corrected chi connectivity index (χ0v) is 9.67. The first kappa shape index (κ1) is 10.7. The highest BCUT2D eigenvalue weighted by Crippen LogP contribution is 2.34. The van der Waals surface area contributed by atoms with Crippen LogP contribution in [0.3, 0.4) is 0 Å². The normalized spacial score (nSPS) is 17.5. The first-order valence-corrected chi connectivity index (χ1v) is 5.89. The van der Waals surface area contributed by atoms with Crippen molar-refractivity contribution >= 4 is 17.4 Å². The van der Waals surface area contributed by atoms with Crippen molar-refractivity contribution < 1.29 is 0 Å². The molecule has 2 rings (SSSR count). The number of hydrogen-bond donors (Lipinski definition) is 1. The van der Waals surface area contributed by atoms with E-state index in [0.717, 1.165) is 18.2 Å². The third kappa shape index (κ3) is 3.34. The molecule has 1 fully saturated rings. The minimum absolute atomic E-state index is 0.494. The highest BCUT2D eigenvalue weighted by molar-refractivity contribution is 6.29. The van der Waals surface area contributed by atoms with E-state index in [2.05, 4.69) is 22.2 Å². The van der Waals surface area contributed by atoms with Crippen LogP contribution in [0, 0.1) is 5.92 Å². The van der Waals surface area contributed by atoms with E-state index in [9.17, 15) is 0 Å². The fourth-order valence-corrected chi connectivity index (χ4v) is 1.85. The Morgan fingerprint density at radius 2 is 2.33 bits per heavy atom. The molecule has 0 spiro atoms. The number of nitrogens with one attached hydrogen (secondary N) is 1. The molecule has 1 heterocycles. The van der Waals surface area contributed by atoms with Crippen LogP contribution in [-0.2, 0) is 0 Å². The second kappa shape index (κ2) is 4.79. The van der Waals surface area contributed by atoms with E-state index >= 15 is 0 Å². The Hall–Kier alpha value is -0.830. The van der Waals surface area contributed by atoms with Gasteiger partial charge in [0, 0.05) is 12.1 Å². The second-order valence-corrected chi connectivity index (χ2v) is 4.54. The van der Waals surface area contributed by atoms with Crippen molar-refractivity contribution in [2.75, 3.05) is 5.32 Å². The van der Waals surface area contributed by atoms with Crippen molar-refractivity contribution in [1.29, 1.82) is 0 Å². The van der Waals surface area contributed by atoms with Gasteiger partial charge in [0.25, 0.3) is 0 Å². The minimum Gasteiger partial charge on any atom is -0.367 e. The molecule has 1 unspecified atom stereocenters. The summed E-state index contributed by atoms with van der Waals surface area (Å²) < 4.78 is 0. The molecule has 0 bridgehead atoms. The Bertz CT molecular complexity index is 325. The van der Waals surface area contributed by atoms with Gasteiger partial charge < -0.3 is 5.32 Å². The topological polar surface area (TPSA) is 37.8 Å². The molecule has 1 aromatic heterocycles. The van der Waals surface area contributed by atoms with Gasteiger partial charge in [-0.15, -0.1) is 0 Å². The Labute approximate surface area is 95.3 Å². The number of aromatic nitrogens is 2. The highest BCUT2D eigenvalue weighted by Gasteiger charge is 2.24. The molecule has 0 aromatic carbocycles. The Kier molecular flexibility index (Phi) is 3.41. The lowest BCUT2D eigenvalue weighted by Gasteiger charge is -2.16. The lowest BCUT2D eigenvalue weighted by Crippen LogP contribution is -2.19. The molecule has 1 aromatic rings. The average Bonchev–Trinajstić information content (AvgIpc) is 3.01. The predicted molar refractivity (Wildman–Crippen MR) is 62.1 cm³/mol. The number of hydrogen-bond acceptors (Lipinski definition) is 3. The molecule has 1 atom stereocenters. The summed E-state index contributed by atoms with van der Waals surface area (Å²) >= 11 is 5.80. The van der Waals surface area contributed by atoms with Gasteiger partial charge in [0.05, 0.1) is 0 Å². The van der Waals surface area contributed by atoms with Crippen LogP contribution in [0.15, 0.2) is 12.4 Å². The summed E-state index contributed by atoms with van der Waals surface area (Å²) in [6.45, 7) is 2.20. The summed E-state index contributed by atoms with van der Waals surface area (Å²) in [5.41, 5.74) is 0. The zero-order chi connectivity index (χ0) is 10.7. The molecule has 4 heteroatoms. The molecule has 0 saturated heterocycles. The molecule has 1 saturated carbocycles. The van der Waals surface area contributed by atoms with Crippen LogP contribution >= 0.6 is 11.6 Å². The SMILES string of the molecule is CCC(CC1CC1)Nc1cc(Cl)ncn1. The minimum atomic E-state index is 0.494. The largest absolute Gasteiger partial charge is 0.367 e. The number of halogens is 1. The maximum absolute atomic E-state index is 5.80. The lowest BCUT2D eigenvalue weighted by atomic mass is 10.1. The lowest BCUT2D eigenvalue weighted by molar-refractivity contribution is 0.585. The summed E-state index contributed by atoms with van der Waals surface area (Å²) in [5.74, 6) is 1.77. The van der Waals surface area contributed by atoms with Crippen molar-refractivity contribution in [3.8, 4) is 0 Å². The van der Waals surface area contributed by atoms with Crippen molar-refractivity contribution in [1.82, 2.24) is 9.97 Å². The van der Waals surface area contributed by atoms with E-state index in [-0.39, 0.29) is 0 Å². The maximum Gasteiger partial charge on any atom is 0.134 e. The third-order valence-electron chi connectivity index (χ3n) is 2.79. The van der Waals surface area contributed by atoms with Gasteiger partial charge in [-0.1, -0.05) is 31.4 Å². The fraction of sp³-hybridized carbons (Fsp3) is 0.636. The molecule has 0 radical (unpaired) electrons. The smallest absolute Gasteiger partial charge is 0.134 e. The molecule has 0 aliphatic heterocycles. The number of nitrogens with zero attached hydrogens (tertiary/aromatic N) is 2. The molecule has 15 heavy (non-hydrogen) atoms. The first-order valence-electron chi connectivity index (χ1n) is 5.52. The van der Waals surface area contributed by atoms with E-state index in [1.807, 2.05) is 0 Å². The molecule has 1 N–H and O–H groups in total. The summed E-state index contributed by atoms with van der Waals surface area (Å²) in [4.78, 5) is 8.01. The van der Waals surface area contributed by atoms with Crippen molar-refractivity contribution in [3.63, 3.8) is 0 Å². The zero-order valence-electron chi connectivity index (χ0n) is 8.91. The van der Waals surface area contributed by atoms with E-state index in [1.54, 1.807) is 6.07 Å². The van der Waals surface area contributed by atoms with Crippen LogP contribution in [0.4, 0.5) is 5.82 Å². The molecular weight excluding hydrogens is 210 g/mol. The number of anilines is 1. The standard InChI is InChI=1S/C11H16ClN3/c1-2-9(5-8-3-4-8)15-11-6-10(12)13-7-14-11/h6-9H,2-5H2,1H3,(H,13,14,15). The van der Waals surface area contributed by atoms with Crippen molar-refractivity contribution in [2.24, 2.45) is 5.92 Å². The number of rotatable bonds is 5. The van der Waals surface area contributed by atoms with Gasteiger partial charge in [0.2, 0.25) is 0 Å². The molecule has 3 nitrogen and oxygen atoms in total. The molecule has 0 amide bonds. The monoisotopic (exact) mass is 225 g/mol. The highest BCUT2D eigenvalue weighted by atomic mass is 35.5. The average molecular weight is 226 g/mol. The maximum atomic E-state index is 5.80. The van der Waals surface area contributed by atoms with Gasteiger partial charge in [-0.05, 0) is 18.8 Å². The van der Waals surface area contributed by atoms with Gasteiger partial charge in [0.1, 0.15) is 17.3 Å². The Balaban J connectivity index is 1.92. The van der Waals surface area contributed by atoms with E-state index < -0.39 is 0 Å². The Morgan fingerprint density at radius 3 is 2.93 bits per heavy atom. The summed E-state index contributed by atoms with van der Waals surface area (Å²) in [6.07, 6.45) is 6.65. The summed E-state index contributed by atoms with van der Waals surface area (Å²) in [6, 6.07) is 2.29. The van der Waals surface area contributed by atoms with E-state index in [1.165, 1.54) is 25.6 Å².